The molecule has 0 atom stereocenters. The van der Waals surface area contributed by atoms with Crippen molar-refractivity contribution < 1.29 is 24.5 Å². The van der Waals surface area contributed by atoms with Gasteiger partial charge in [0.1, 0.15) is 5.75 Å². The third-order valence-corrected chi connectivity index (χ3v) is 2.13. The number of hydrogen-bond acceptors (Lipinski definition) is 3. The quantitative estimate of drug-likeness (QED) is 0.839. The lowest BCUT2D eigenvalue weighted by molar-refractivity contribution is 0.0650. The van der Waals surface area contributed by atoms with Gasteiger partial charge in [-0.05, 0) is 38.5 Å². The second-order valence-corrected chi connectivity index (χ2v) is 3.94. The Morgan fingerprint density at radius 2 is 1.76 bits per heavy atom. The van der Waals surface area contributed by atoms with Gasteiger partial charge in [0.25, 0.3) is 0 Å². The van der Waals surface area contributed by atoms with Crippen molar-refractivity contribution >= 4 is 11.9 Å². The van der Waals surface area contributed by atoms with Crippen molar-refractivity contribution in [1.82, 2.24) is 0 Å². The van der Waals surface area contributed by atoms with Crippen molar-refractivity contribution in [3.63, 3.8) is 0 Å². The van der Waals surface area contributed by atoms with Crippen LogP contribution in [0, 0.1) is 6.92 Å². The van der Waals surface area contributed by atoms with E-state index in [1.807, 2.05) is 0 Å². The molecule has 1 aromatic carbocycles. The van der Waals surface area contributed by atoms with E-state index in [1.165, 1.54) is 12.1 Å². The van der Waals surface area contributed by atoms with Gasteiger partial charge in [-0.2, -0.15) is 0 Å². The van der Waals surface area contributed by atoms with E-state index in [4.69, 9.17) is 14.9 Å². The third kappa shape index (κ3) is 2.96. The highest BCUT2D eigenvalue weighted by atomic mass is 16.5. The second kappa shape index (κ2) is 4.86. The summed E-state index contributed by atoms with van der Waals surface area (Å²) in [4.78, 5) is 22.0. The summed E-state index contributed by atoms with van der Waals surface area (Å²) in [5, 5.41) is 17.9. The minimum Gasteiger partial charge on any atom is -0.491 e. The van der Waals surface area contributed by atoms with Gasteiger partial charge in [-0.25, -0.2) is 9.59 Å². The molecule has 5 nitrogen and oxygen atoms in total. The summed E-state index contributed by atoms with van der Waals surface area (Å²) in [5.41, 5.74) is -0.0881. The molecule has 0 saturated carbocycles. The summed E-state index contributed by atoms with van der Waals surface area (Å²) >= 11 is 0. The Bertz CT molecular complexity index is 462. The molecule has 2 N–H and O–H groups in total. The van der Waals surface area contributed by atoms with E-state index < -0.39 is 11.9 Å². The van der Waals surface area contributed by atoms with Gasteiger partial charge in [0, 0.05) is 0 Å². The van der Waals surface area contributed by atoms with Crippen LogP contribution < -0.4 is 4.74 Å². The van der Waals surface area contributed by atoms with E-state index in [0.717, 1.165) is 0 Å². The Labute approximate surface area is 98.6 Å². The molecule has 0 aliphatic rings. The van der Waals surface area contributed by atoms with Crippen LogP contribution in [0.1, 0.15) is 40.1 Å². The van der Waals surface area contributed by atoms with Gasteiger partial charge in [-0.1, -0.05) is 0 Å². The summed E-state index contributed by atoms with van der Waals surface area (Å²) in [6.07, 6.45) is -0.105. The molecule has 0 fully saturated rings. The standard InChI is InChI=1S/C12H14O5/c1-6(2)17-8-4-7(3)10(12(15)16)9(5-8)11(13)14/h4-6H,1-3H3,(H,13,14)(H,15,16). The van der Waals surface area contributed by atoms with Crippen LogP contribution in [-0.4, -0.2) is 28.3 Å². The maximum Gasteiger partial charge on any atom is 0.336 e. The summed E-state index contributed by atoms with van der Waals surface area (Å²) in [7, 11) is 0. The zero-order chi connectivity index (χ0) is 13.2. The summed E-state index contributed by atoms with van der Waals surface area (Å²) in [5.74, 6) is -2.17. The first kappa shape index (κ1) is 13.0. The molecular formula is C12H14O5. The second-order valence-electron chi connectivity index (χ2n) is 3.94. The molecule has 0 saturated heterocycles. The normalized spacial score (nSPS) is 10.4. The number of ether oxygens (including phenoxy) is 1. The van der Waals surface area contributed by atoms with Gasteiger partial charge < -0.3 is 14.9 Å². The lowest BCUT2D eigenvalue weighted by Gasteiger charge is -2.13. The van der Waals surface area contributed by atoms with E-state index in [9.17, 15) is 9.59 Å². The van der Waals surface area contributed by atoms with Crippen molar-refractivity contribution in [3.8, 4) is 5.75 Å². The van der Waals surface area contributed by atoms with Crippen LogP contribution >= 0.6 is 0 Å². The minimum absolute atomic E-state index is 0.105. The number of carboxylic acid groups (broad SMARTS) is 2. The fourth-order valence-corrected chi connectivity index (χ4v) is 1.55. The zero-order valence-electron chi connectivity index (χ0n) is 9.85. The molecule has 1 rings (SSSR count). The van der Waals surface area contributed by atoms with Crippen LogP contribution in [0.2, 0.25) is 0 Å². The number of benzene rings is 1. The maximum atomic E-state index is 11.0. The average molecular weight is 238 g/mol. The van der Waals surface area contributed by atoms with E-state index >= 15 is 0 Å². The van der Waals surface area contributed by atoms with E-state index in [2.05, 4.69) is 0 Å². The summed E-state index contributed by atoms with van der Waals surface area (Å²) in [6, 6.07) is 2.76. The smallest absolute Gasteiger partial charge is 0.336 e. The molecule has 0 spiro atoms. The first-order chi connectivity index (χ1) is 7.82. The molecule has 0 heterocycles. The molecule has 92 valence electrons. The van der Waals surface area contributed by atoms with Crippen LogP contribution in [0.25, 0.3) is 0 Å². The lowest BCUT2D eigenvalue weighted by atomic mass is 10.0. The fraction of sp³-hybridized carbons (Fsp3) is 0.333. The Hall–Kier alpha value is -2.04. The average Bonchev–Trinajstić information content (AvgIpc) is 2.14. The highest BCUT2D eigenvalue weighted by molar-refractivity contribution is 6.03. The number of rotatable bonds is 4. The largest absolute Gasteiger partial charge is 0.491 e. The predicted molar refractivity (Wildman–Crippen MR) is 60.9 cm³/mol. The third-order valence-electron chi connectivity index (χ3n) is 2.13. The van der Waals surface area contributed by atoms with Gasteiger partial charge in [-0.3, -0.25) is 0 Å². The number of aromatic carboxylic acids is 2. The van der Waals surface area contributed by atoms with Crippen LogP contribution in [0.5, 0.6) is 5.75 Å². The molecule has 5 heteroatoms. The number of aryl methyl sites for hydroxylation is 1. The molecule has 0 bridgehead atoms. The van der Waals surface area contributed by atoms with Gasteiger partial charge in [0.15, 0.2) is 0 Å². The molecule has 17 heavy (non-hydrogen) atoms. The molecule has 0 aromatic heterocycles. The Balaban J connectivity index is 3.36. The van der Waals surface area contributed by atoms with E-state index in [1.54, 1.807) is 20.8 Å². The molecule has 0 unspecified atom stereocenters. The van der Waals surface area contributed by atoms with Crippen molar-refractivity contribution in [2.45, 2.75) is 26.9 Å². The van der Waals surface area contributed by atoms with Gasteiger partial charge >= 0.3 is 11.9 Å². The Morgan fingerprint density at radius 3 is 2.18 bits per heavy atom. The molecule has 1 aromatic rings. The van der Waals surface area contributed by atoms with Crippen LogP contribution in [-0.2, 0) is 0 Å². The molecular weight excluding hydrogens is 224 g/mol. The summed E-state index contributed by atoms with van der Waals surface area (Å²) in [6.45, 7) is 5.16. The number of carbonyl (C=O) groups is 2. The molecule has 0 aliphatic heterocycles. The van der Waals surface area contributed by atoms with Crippen LogP contribution in [0.4, 0.5) is 0 Å². The van der Waals surface area contributed by atoms with E-state index in [-0.39, 0.29) is 17.2 Å². The first-order valence-corrected chi connectivity index (χ1v) is 5.10. The predicted octanol–water partition coefficient (Wildman–Crippen LogP) is 2.18. The zero-order valence-corrected chi connectivity index (χ0v) is 9.85. The van der Waals surface area contributed by atoms with Crippen LogP contribution in [0.15, 0.2) is 12.1 Å². The monoisotopic (exact) mass is 238 g/mol. The van der Waals surface area contributed by atoms with E-state index in [0.29, 0.717) is 11.3 Å². The Morgan fingerprint density at radius 1 is 1.18 bits per heavy atom. The molecule has 0 amide bonds. The first-order valence-electron chi connectivity index (χ1n) is 5.10. The number of hydrogen-bond donors (Lipinski definition) is 2. The summed E-state index contributed by atoms with van der Waals surface area (Å²) < 4.78 is 5.36. The van der Waals surface area contributed by atoms with Crippen molar-refractivity contribution in [2.24, 2.45) is 0 Å². The topological polar surface area (TPSA) is 83.8 Å². The highest BCUT2D eigenvalue weighted by Crippen LogP contribution is 2.23. The molecule has 0 radical (unpaired) electrons. The fourth-order valence-electron chi connectivity index (χ4n) is 1.55. The Kier molecular flexibility index (Phi) is 3.73. The highest BCUT2D eigenvalue weighted by Gasteiger charge is 2.20. The SMILES string of the molecule is Cc1cc(OC(C)C)cc(C(=O)O)c1C(=O)O. The van der Waals surface area contributed by atoms with Gasteiger partial charge in [0.2, 0.25) is 0 Å². The maximum absolute atomic E-state index is 11.0. The van der Waals surface area contributed by atoms with Gasteiger partial charge in [0.05, 0.1) is 17.2 Å². The molecule has 0 aliphatic carbocycles. The van der Waals surface area contributed by atoms with Crippen LogP contribution in [0.3, 0.4) is 0 Å². The minimum atomic E-state index is -1.28. The van der Waals surface area contributed by atoms with Crippen molar-refractivity contribution in [2.75, 3.05) is 0 Å². The lowest BCUT2D eigenvalue weighted by Crippen LogP contribution is -2.12. The van der Waals surface area contributed by atoms with Crippen molar-refractivity contribution in [3.05, 3.63) is 28.8 Å². The van der Waals surface area contributed by atoms with Gasteiger partial charge in [-0.15, -0.1) is 0 Å². The number of carboxylic acids is 2. The van der Waals surface area contributed by atoms with Crippen molar-refractivity contribution in [1.29, 1.82) is 0 Å².